The summed E-state index contributed by atoms with van der Waals surface area (Å²) in [5, 5.41) is 32.9. The summed E-state index contributed by atoms with van der Waals surface area (Å²) in [6.07, 6.45) is 0. The minimum absolute atomic E-state index is 0.432. The Morgan fingerprint density at radius 3 is 2.04 bits per heavy atom. The number of nitrogens with one attached hydrogen (secondary N) is 1. The fourth-order valence-electron chi connectivity index (χ4n) is 3.32. The molecule has 0 saturated heterocycles. The number of benzene rings is 3. The zero-order valence-corrected chi connectivity index (χ0v) is 12.8. The highest BCUT2D eigenvalue weighted by molar-refractivity contribution is 6.72. The van der Waals surface area contributed by atoms with E-state index in [4.69, 9.17) is 0 Å². The van der Waals surface area contributed by atoms with Crippen molar-refractivity contribution in [1.29, 1.82) is 0 Å². The molecule has 0 bridgehead atoms. The van der Waals surface area contributed by atoms with Crippen molar-refractivity contribution in [3.8, 4) is 22.3 Å². The summed E-state index contributed by atoms with van der Waals surface area (Å²) in [4.78, 5) is 0. The fourth-order valence-corrected chi connectivity index (χ4v) is 3.32. The van der Waals surface area contributed by atoms with Gasteiger partial charge in [0.1, 0.15) is 0 Å². The number of anilines is 1. The lowest BCUT2D eigenvalue weighted by molar-refractivity contribution is 0.426. The molecule has 0 amide bonds. The van der Waals surface area contributed by atoms with Gasteiger partial charge in [0.2, 0.25) is 0 Å². The molecule has 1 heterocycles. The van der Waals surface area contributed by atoms with Gasteiger partial charge in [0, 0.05) is 16.8 Å². The highest BCUT2D eigenvalue weighted by Gasteiger charge is 2.29. The van der Waals surface area contributed by atoms with Crippen LogP contribution >= 0.6 is 0 Å². The lowest BCUT2D eigenvalue weighted by atomic mass is 9.66. The number of hydrogen-bond acceptors (Lipinski definition) is 4. The van der Waals surface area contributed by atoms with Gasteiger partial charge in [-0.05, 0) is 22.1 Å². The van der Waals surface area contributed by atoms with E-state index in [-0.39, 0.29) is 0 Å². The molecule has 4 nitrogen and oxygen atoms in total. The Morgan fingerprint density at radius 2 is 1.29 bits per heavy atom. The van der Waals surface area contributed by atoms with Crippen LogP contribution < -0.4 is 16.2 Å². The SMILES string of the molecule is OB(O)c1ccccc1-c1cccc2c1NB(O)c1ccccc1-2. The van der Waals surface area contributed by atoms with Gasteiger partial charge in [-0.15, -0.1) is 0 Å². The van der Waals surface area contributed by atoms with Crippen LogP contribution in [0.4, 0.5) is 5.69 Å². The van der Waals surface area contributed by atoms with E-state index < -0.39 is 14.2 Å². The molecule has 3 aromatic carbocycles. The molecule has 0 atom stereocenters. The Kier molecular flexibility index (Phi) is 3.65. The van der Waals surface area contributed by atoms with E-state index in [9.17, 15) is 15.1 Å². The molecule has 0 fully saturated rings. The van der Waals surface area contributed by atoms with Crippen molar-refractivity contribution in [2.24, 2.45) is 0 Å². The van der Waals surface area contributed by atoms with Gasteiger partial charge >= 0.3 is 14.2 Å². The number of hydrogen-bond donors (Lipinski definition) is 4. The first-order valence-corrected chi connectivity index (χ1v) is 7.79. The van der Waals surface area contributed by atoms with Crippen LogP contribution in [-0.4, -0.2) is 29.2 Å². The van der Waals surface area contributed by atoms with E-state index in [1.165, 1.54) is 0 Å². The molecule has 1 aliphatic heterocycles. The third-order valence-corrected chi connectivity index (χ3v) is 4.42. The number of fused-ring (bicyclic) bond motifs is 3. The summed E-state index contributed by atoms with van der Waals surface area (Å²) in [5.74, 6) is 0. The van der Waals surface area contributed by atoms with Crippen molar-refractivity contribution >= 4 is 30.8 Å². The molecule has 4 rings (SSSR count). The van der Waals surface area contributed by atoms with E-state index in [1.54, 1.807) is 12.1 Å². The lowest BCUT2D eigenvalue weighted by Gasteiger charge is -2.26. The van der Waals surface area contributed by atoms with Crippen molar-refractivity contribution in [3.63, 3.8) is 0 Å². The maximum atomic E-state index is 10.4. The smallest absolute Gasteiger partial charge is 0.429 e. The van der Waals surface area contributed by atoms with Gasteiger partial charge in [-0.2, -0.15) is 0 Å². The summed E-state index contributed by atoms with van der Waals surface area (Å²) in [6, 6.07) is 20.7. The molecule has 116 valence electrons. The van der Waals surface area contributed by atoms with Crippen molar-refractivity contribution in [3.05, 3.63) is 66.7 Å². The Balaban J connectivity index is 1.97. The predicted octanol–water partition coefficient (Wildman–Crippen LogP) is 0.813. The Bertz CT molecular complexity index is 914. The van der Waals surface area contributed by atoms with Gasteiger partial charge in [-0.1, -0.05) is 66.7 Å². The van der Waals surface area contributed by atoms with Crippen LogP contribution in [0.3, 0.4) is 0 Å². The quantitative estimate of drug-likeness (QED) is 0.528. The third kappa shape index (κ3) is 2.32. The normalized spacial score (nSPS) is 12.2. The molecular formula is C18H15B2NO3. The van der Waals surface area contributed by atoms with E-state index >= 15 is 0 Å². The molecule has 24 heavy (non-hydrogen) atoms. The molecule has 0 unspecified atom stereocenters. The molecule has 0 spiro atoms. The van der Waals surface area contributed by atoms with Crippen molar-refractivity contribution in [1.82, 2.24) is 0 Å². The van der Waals surface area contributed by atoms with Gasteiger partial charge in [0.05, 0.1) is 0 Å². The second-order valence-corrected chi connectivity index (χ2v) is 5.82. The lowest BCUT2D eigenvalue weighted by Crippen LogP contribution is -2.43. The van der Waals surface area contributed by atoms with Gasteiger partial charge in [-0.25, -0.2) is 0 Å². The van der Waals surface area contributed by atoms with Gasteiger partial charge in [0.25, 0.3) is 0 Å². The molecule has 0 aliphatic carbocycles. The predicted molar refractivity (Wildman–Crippen MR) is 98.4 cm³/mol. The molecular weight excluding hydrogens is 300 g/mol. The standard InChI is InChI=1S/C18H15B2NO3/c22-19-16-10-3-1-6-12(16)14-8-5-9-15(18(14)21-19)13-7-2-4-11-17(13)20(23)24/h1-11,21-24H. The summed E-state index contributed by atoms with van der Waals surface area (Å²) in [7, 11) is -2.36. The Hall–Kier alpha value is -2.53. The molecule has 6 heteroatoms. The van der Waals surface area contributed by atoms with Crippen LogP contribution in [0.15, 0.2) is 66.7 Å². The summed E-state index contributed by atoms with van der Waals surface area (Å²) in [5.41, 5.74) is 5.56. The molecule has 3 aromatic rings. The van der Waals surface area contributed by atoms with E-state index in [2.05, 4.69) is 5.23 Å². The zero-order valence-electron chi connectivity index (χ0n) is 12.8. The van der Waals surface area contributed by atoms with Crippen LogP contribution in [0.5, 0.6) is 0 Å². The molecule has 0 radical (unpaired) electrons. The molecule has 1 aliphatic rings. The van der Waals surface area contributed by atoms with Crippen LogP contribution in [-0.2, 0) is 0 Å². The van der Waals surface area contributed by atoms with Crippen LogP contribution in [0, 0.1) is 0 Å². The largest absolute Gasteiger partial charge is 0.489 e. The van der Waals surface area contributed by atoms with Crippen LogP contribution in [0.25, 0.3) is 22.3 Å². The second kappa shape index (κ2) is 5.83. The van der Waals surface area contributed by atoms with Gasteiger partial charge in [-0.3, -0.25) is 0 Å². The monoisotopic (exact) mass is 315 g/mol. The van der Waals surface area contributed by atoms with E-state index in [0.29, 0.717) is 5.46 Å². The first kappa shape index (κ1) is 15.0. The number of para-hydroxylation sites is 1. The van der Waals surface area contributed by atoms with Crippen LogP contribution in [0.2, 0.25) is 0 Å². The average molecular weight is 315 g/mol. The topological polar surface area (TPSA) is 72.7 Å². The Morgan fingerprint density at radius 1 is 0.708 bits per heavy atom. The van der Waals surface area contributed by atoms with E-state index in [0.717, 1.165) is 33.4 Å². The minimum atomic E-state index is -1.56. The molecule has 0 aromatic heterocycles. The van der Waals surface area contributed by atoms with Crippen molar-refractivity contribution in [2.45, 2.75) is 0 Å². The van der Waals surface area contributed by atoms with E-state index in [1.807, 2.05) is 54.6 Å². The average Bonchev–Trinajstić information content (AvgIpc) is 2.61. The Labute approximate surface area is 140 Å². The summed E-state index contributed by atoms with van der Waals surface area (Å²) < 4.78 is 0. The number of rotatable bonds is 2. The maximum Gasteiger partial charge on any atom is 0.489 e. The molecule has 0 saturated carbocycles. The summed E-state index contributed by atoms with van der Waals surface area (Å²) in [6.45, 7) is 0. The highest BCUT2D eigenvalue weighted by Crippen LogP contribution is 2.38. The van der Waals surface area contributed by atoms with Crippen molar-refractivity contribution < 1.29 is 15.1 Å². The fraction of sp³-hybridized carbons (Fsp3) is 0. The first-order valence-electron chi connectivity index (χ1n) is 7.79. The van der Waals surface area contributed by atoms with Crippen molar-refractivity contribution in [2.75, 3.05) is 5.23 Å². The molecule has 4 N–H and O–H groups in total. The third-order valence-electron chi connectivity index (χ3n) is 4.42. The second-order valence-electron chi connectivity index (χ2n) is 5.82. The zero-order chi connectivity index (χ0) is 16.7. The van der Waals surface area contributed by atoms with Gasteiger partial charge < -0.3 is 20.3 Å². The first-order chi connectivity index (χ1) is 11.7. The highest BCUT2D eigenvalue weighted by atomic mass is 16.4. The summed E-state index contributed by atoms with van der Waals surface area (Å²) >= 11 is 0. The van der Waals surface area contributed by atoms with Gasteiger partial charge in [0.15, 0.2) is 0 Å². The van der Waals surface area contributed by atoms with Crippen LogP contribution in [0.1, 0.15) is 0 Å². The maximum absolute atomic E-state index is 10.4. The minimum Gasteiger partial charge on any atom is -0.429 e.